The van der Waals surface area contributed by atoms with Crippen LogP contribution in [0.2, 0.25) is 0 Å². The van der Waals surface area contributed by atoms with Crippen molar-refractivity contribution < 1.29 is 4.42 Å². The lowest BCUT2D eigenvalue weighted by molar-refractivity contribution is 0.670. The van der Waals surface area contributed by atoms with Gasteiger partial charge in [-0.15, -0.1) is 0 Å². The van der Waals surface area contributed by atoms with E-state index >= 15 is 0 Å². The van der Waals surface area contributed by atoms with Crippen LogP contribution in [-0.4, -0.2) is 9.97 Å². The molecule has 1 aliphatic carbocycles. The topological polar surface area (TPSA) is 38.9 Å². The van der Waals surface area contributed by atoms with Crippen LogP contribution >= 0.6 is 0 Å². The first-order valence-corrected chi connectivity index (χ1v) is 16.8. The van der Waals surface area contributed by atoms with E-state index in [-0.39, 0.29) is 5.92 Å². The third-order valence-electron chi connectivity index (χ3n) is 9.96. The highest BCUT2D eigenvalue weighted by Gasteiger charge is 2.22. The molecule has 0 aliphatic heterocycles. The van der Waals surface area contributed by atoms with E-state index in [2.05, 4.69) is 146 Å². The second-order valence-corrected chi connectivity index (χ2v) is 13.0. The molecule has 1 unspecified atom stereocenters. The first-order valence-electron chi connectivity index (χ1n) is 16.8. The maximum Gasteiger partial charge on any atom is 0.160 e. The van der Waals surface area contributed by atoms with Crippen molar-refractivity contribution in [3.05, 3.63) is 175 Å². The molecule has 10 rings (SSSR count). The van der Waals surface area contributed by atoms with Crippen LogP contribution in [0.3, 0.4) is 0 Å². The normalized spacial score (nSPS) is 14.2. The number of hydrogen-bond donors (Lipinski definition) is 0. The van der Waals surface area contributed by atoms with Gasteiger partial charge in [-0.05, 0) is 81.1 Å². The molecule has 49 heavy (non-hydrogen) atoms. The third kappa shape index (κ3) is 4.82. The molecule has 2 aromatic heterocycles. The molecule has 0 spiro atoms. The van der Waals surface area contributed by atoms with Crippen molar-refractivity contribution in [2.24, 2.45) is 0 Å². The Labute approximate surface area is 283 Å². The van der Waals surface area contributed by atoms with Crippen LogP contribution < -0.4 is 0 Å². The van der Waals surface area contributed by atoms with E-state index in [1.54, 1.807) is 0 Å². The van der Waals surface area contributed by atoms with Gasteiger partial charge in [0.1, 0.15) is 11.2 Å². The molecule has 9 aromatic rings. The summed E-state index contributed by atoms with van der Waals surface area (Å²) >= 11 is 0. The molecule has 0 saturated carbocycles. The predicted molar refractivity (Wildman–Crippen MR) is 203 cm³/mol. The smallest absolute Gasteiger partial charge is 0.160 e. The highest BCUT2D eigenvalue weighted by Crippen LogP contribution is 2.42. The largest absolute Gasteiger partial charge is 0.455 e. The fourth-order valence-corrected chi connectivity index (χ4v) is 7.41. The standard InChI is InChI=1S/C46H30N2O/c1-2-12-31(13-3-1)46-47-42(37-21-19-30-11-5-7-15-33(30)23-37)28-43(48-46)38-25-39(36-20-18-29-10-4-6-14-32(29)22-36)45-41(26-38)40-24-34-16-8-9-17-35(34)27-44(40)49-45/h1-22,24-28,37H,23H2. The summed E-state index contributed by atoms with van der Waals surface area (Å²) < 4.78 is 6.75. The molecule has 0 bridgehead atoms. The average Bonchev–Trinajstić information content (AvgIpc) is 3.53. The molecular formula is C46H30N2O. The van der Waals surface area contributed by atoms with Crippen molar-refractivity contribution in [2.75, 3.05) is 0 Å². The molecule has 2 heterocycles. The summed E-state index contributed by atoms with van der Waals surface area (Å²) in [5, 5.41) is 6.94. The number of rotatable bonds is 4. The molecule has 230 valence electrons. The number of furan rings is 1. The molecule has 0 N–H and O–H groups in total. The summed E-state index contributed by atoms with van der Waals surface area (Å²) in [6, 6.07) is 53.7. The van der Waals surface area contributed by atoms with Gasteiger partial charge in [-0.1, -0.05) is 127 Å². The minimum absolute atomic E-state index is 0.143. The zero-order chi connectivity index (χ0) is 32.3. The first kappa shape index (κ1) is 27.8. The van der Waals surface area contributed by atoms with Gasteiger partial charge in [0.25, 0.3) is 0 Å². The van der Waals surface area contributed by atoms with Crippen LogP contribution in [0.4, 0.5) is 0 Å². The summed E-state index contributed by atoms with van der Waals surface area (Å²) in [7, 11) is 0. The van der Waals surface area contributed by atoms with Crippen LogP contribution in [0.25, 0.3) is 83.3 Å². The van der Waals surface area contributed by atoms with Gasteiger partial charge in [-0.3, -0.25) is 0 Å². The molecule has 0 saturated heterocycles. The van der Waals surface area contributed by atoms with Crippen LogP contribution in [0.1, 0.15) is 22.7 Å². The Morgan fingerprint density at radius 2 is 1.27 bits per heavy atom. The van der Waals surface area contributed by atoms with E-state index in [9.17, 15) is 0 Å². The van der Waals surface area contributed by atoms with Gasteiger partial charge >= 0.3 is 0 Å². The van der Waals surface area contributed by atoms with Gasteiger partial charge in [0.2, 0.25) is 0 Å². The quantitative estimate of drug-likeness (QED) is 0.195. The number of benzene rings is 7. The molecule has 0 amide bonds. The minimum atomic E-state index is 0.143. The number of nitrogens with zero attached hydrogens (tertiary/aromatic N) is 2. The van der Waals surface area contributed by atoms with Crippen molar-refractivity contribution in [1.29, 1.82) is 0 Å². The van der Waals surface area contributed by atoms with Gasteiger partial charge < -0.3 is 4.42 Å². The Morgan fingerprint density at radius 1 is 0.531 bits per heavy atom. The minimum Gasteiger partial charge on any atom is -0.455 e. The van der Waals surface area contributed by atoms with Crippen molar-refractivity contribution in [3.8, 4) is 33.8 Å². The van der Waals surface area contributed by atoms with Gasteiger partial charge in [-0.25, -0.2) is 9.97 Å². The number of fused-ring (bicyclic) bond motifs is 6. The summed E-state index contributed by atoms with van der Waals surface area (Å²) in [5.74, 6) is 0.875. The summed E-state index contributed by atoms with van der Waals surface area (Å²) in [4.78, 5) is 10.4. The third-order valence-corrected chi connectivity index (χ3v) is 9.96. The molecular weight excluding hydrogens is 597 g/mol. The molecule has 0 fully saturated rings. The summed E-state index contributed by atoms with van der Waals surface area (Å²) in [6.07, 6.45) is 5.43. The maximum atomic E-state index is 6.75. The van der Waals surface area contributed by atoms with Gasteiger partial charge in [0.05, 0.1) is 11.4 Å². The highest BCUT2D eigenvalue weighted by atomic mass is 16.3. The van der Waals surface area contributed by atoms with Crippen molar-refractivity contribution in [2.45, 2.75) is 12.3 Å². The second kappa shape index (κ2) is 11.1. The Kier molecular flexibility index (Phi) is 6.31. The Morgan fingerprint density at radius 3 is 2.12 bits per heavy atom. The monoisotopic (exact) mass is 626 g/mol. The highest BCUT2D eigenvalue weighted by molar-refractivity contribution is 6.14. The van der Waals surface area contributed by atoms with Gasteiger partial charge in [-0.2, -0.15) is 0 Å². The fraction of sp³-hybridized carbons (Fsp3) is 0.0435. The van der Waals surface area contributed by atoms with Crippen molar-refractivity contribution in [1.82, 2.24) is 9.97 Å². The SMILES string of the molecule is C1=CC(c2cc(-c3cc(-c4ccc5ccccc5c4)c4oc5cc6ccccc6cc5c4c3)nc(-c3ccccc3)n2)Cc2ccccc21. The molecule has 7 aromatic carbocycles. The lowest BCUT2D eigenvalue weighted by Crippen LogP contribution is -2.09. The fourth-order valence-electron chi connectivity index (χ4n) is 7.41. The Balaban J connectivity index is 1.23. The zero-order valence-electron chi connectivity index (χ0n) is 26.7. The molecule has 0 radical (unpaired) electrons. The first-order chi connectivity index (χ1) is 24.2. The van der Waals surface area contributed by atoms with E-state index in [0.717, 1.165) is 73.2 Å². The van der Waals surface area contributed by atoms with E-state index in [1.165, 1.54) is 27.3 Å². The van der Waals surface area contributed by atoms with Gasteiger partial charge in [0.15, 0.2) is 5.82 Å². The number of allylic oxidation sites excluding steroid dienone is 1. The lowest BCUT2D eigenvalue weighted by Gasteiger charge is -2.20. The Bertz CT molecular complexity index is 2760. The van der Waals surface area contributed by atoms with Crippen LogP contribution in [0, 0.1) is 0 Å². The number of aromatic nitrogens is 2. The summed E-state index contributed by atoms with van der Waals surface area (Å²) in [6.45, 7) is 0. The van der Waals surface area contributed by atoms with Crippen LogP contribution in [0.5, 0.6) is 0 Å². The second-order valence-electron chi connectivity index (χ2n) is 13.0. The molecule has 3 nitrogen and oxygen atoms in total. The van der Waals surface area contributed by atoms with Crippen LogP contribution in [-0.2, 0) is 6.42 Å². The summed E-state index contributed by atoms with van der Waals surface area (Å²) in [5.41, 5.74) is 10.5. The van der Waals surface area contributed by atoms with Crippen LogP contribution in [0.15, 0.2) is 162 Å². The number of hydrogen-bond acceptors (Lipinski definition) is 3. The van der Waals surface area contributed by atoms with E-state index in [1.807, 2.05) is 18.2 Å². The predicted octanol–water partition coefficient (Wildman–Crippen LogP) is 12.0. The molecule has 1 aliphatic rings. The lowest BCUT2D eigenvalue weighted by atomic mass is 9.87. The Hall–Kier alpha value is -6.32. The van der Waals surface area contributed by atoms with E-state index in [4.69, 9.17) is 14.4 Å². The van der Waals surface area contributed by atoms with Gasteiger partial charge in [0, 0.05) is 33.4 Å². The van der Waals surface area contributed by atoms with E-state index < -0.39 is 0 Å². The average molecular weight is 627 g/mol. The molecule has 1 atom stereocenters. The van der Waals surface area contributed by atoms with Crippen molar-refractivity contribution in [3.63, 3.8) is 0 Å². The molecule has 3 heteroatoms. The van der Waals surface area contributed by atoms with Crippen molar-refractivity contribution >= 4 is 49.6 Å². The van der Waals surface area contributed by atoms with E-state index in [0.29, 0.717) is 0 Å². The maximum absolute atomic E-state index is 6.75. The zero-order valence-corrected chi connectivity index (χ0v) is 26.7.